The second kappa shape index (κ2) is 5.21. The molecule has 2 aromatic carbocycles. The first kappa shape index (κ1) is 14.2. The highest BCUT2D eigenvalue weighted by Gasteiger charge is 2.46. The summed E-state index contributed by atoms with van der Waals surface area (Å²) in [5.74, 6) is -2.95. The molecule has 0 heterocycles. The van der Waals surface area contributed by atoms with Crippen LogP contribution >= 0.6 is 0 Å². The fraction of sp³-hybridized carbons (Fsp3) is 0.333. The summed E-state index contributed by atoms with van der Waals surface area (Å²) in [5.41, 5.74) is 0.811. The van der Waals surface area contributed by atoms with Gasteiger partial charge in [0.15, 0.2) is 0 Å². The zero-order chi connectivity index (χ0) is 14.9. The first-order chi connectivity index (χ1) is 10.0. The second-order valence-corrected chi connectivity index (χ2v) is 5.78. The number of benzene rings is 2. The molecule has 3 rings (SSSR count). The zero-order valence-electron chi connectivity index (χ0n) is 11.7. The number of halogens is 3. The average molecular weight is 290 g/mol. The summed E-state index contributed by atoms with van der Waals surface area (Å²) < 4.78 is 41.5. The molecule has 2 aromatic rings. The fourth-order valence-corrected chi connectivity index (χ4v) is 3.36. The van der Waals surface area contributed by atoms with E-state index < -0.39 is 11.3 Å². The van der Waals surface area contributed by atoms with Crippen molar-refractivity contribution in [2.45, 2.75) is 37.0 Å². The van der Waals surface area contributed by atoms with Crippen molar-refractivity contribution in [2.75, 3.05) is 0 Å². The van der Waals surface area contributed by atoms with E-state index in [1.54, 1.807) is 18.2 Å². The van der Waals surface area contributed by atoms with Crippen molar-refractivity contribution in [3.05, 3.63) is 71.5 Å². The maximum atomic E-state index is 14.3. The summed E-state index contributed by atoms with van der Waals surface area (Å²) >= 11 is 0. The van der Waals surface area contributed by atoms with Gasteiger partial charge in [0.2, 0.25) is 5.92 Å². The van der Waals surface area contributed by atoms with Gasteiger partial charge in [-0.1, -0.05) is 48.5 Å². The highest BCUT2D eigenvalue weighted by Crippen LogP contribution is 2.49. The summed E-state index contributed by atoms with van der Waals surface area (Å²) in [6.45, 7) is 0. The number of rotatable bonds is 2. The Morgan fingerprint density at radius 1 is 0.714 bits per heavy atom. The van der Waals surface area contributed by atoms with Gasteiger partial charge in [0.05, 0.1) is 0 Å². The SMILES string of the molecule is Fc1ccccc1C1(c2ccccc2)CCC(F)(F)CC1. The largest absolute Gasteiger partial charge is 0.248 e. The Kier molecular flexibility index (Phi) is 3.52. The second-order valence-electron chi connectivity index (χ2n) is 5.78. The minimum Gasteiger partial charge on any atom is -0.207 e. The highest BCUT2D eigenvalue weighted by molar-refractivity contribution is 5.40. The Bertz CT molecular complexity index is 609. The molecule has 0 unspecified atom stereocenters. The van der Waals surface area contributed by atoms with Crippen LogP contribution in [0.4, 0.5) is 13.2 Å². The van der Waals surface area contributed by atoms with Gasteiger partial charge >= 0.3 is 0 Å². The molecule has 0 aromatic heterocycles. The lowest BCUT2D eigenvalue weighted by atomic mass is 9.64. The van der Waals surface area contributed by atoms with Crippen molar-refractivity contribution < 1.29 is 13.2 Å². The molecule has 110 valence electrons. The number of hydrogen-bond donors (Lipinski definition) is 0. The Morgan fingerprint density at radius 2 is 1.29 bits per heavy atom. The molecule has 1 aliphatic rings. The molecule has 0 spiro atoms. The van der Waals surface area contributed by atoms with Gasteiger partial charge < -0.3 is 0 Å². The van der Waals surface area contributed by atoms with Gasteiger partial charge in [-0.05, 0) is 30.0 Å². The van der Waals surface area contributed by atoms with Crippen LogP contribution in [0.3, 0.4) is 0 Å². The van der Waals surface area contributed by atoms with E-state index in [0.29, 0.717) is 5.56 Å². The predicted octanol–water partition coefficient (Wildman–Crippen LogP) is 5.32. The van der Waals surface area contributed by atoms with Crippen LogP contribution in [0.15, 0.2) is 54.6 Å². The van der Waals surface area contributed by atoms with Crippen molar-refractivity contribution in [2.24, 2.45) is 0 Å². The standard InChI is InChI=1S/C18H17F3/c19-16-9-5-4-8-15(16)17(14-6-2-1-3-7-14)10-12-18(20,21)13-11-17/h1-9H,10-13H2. The van der Waals surface area contributed by atoms with Crippen LogP contribution in [-0.2, 0) is 5.41 Å². The molecule has 0 atom stereocenters. The van der Waals surface area contributed by atoms with Crippen molar-refractivity contribution in [3.8, 4) is 0 Å². The fourth-order valence-electron chi connectivity index (χ4n) is 3.36. The van der Waals surface area contributed by atoms with Crippen LogP contribution < -0.4 is 0 Å². The maximum absolute atomic E-state index is 14.3. The van der Waals surface area contributed by atoms with Crippen molar-refractivity contribution in [1.29, 1.82) is 0 Å². The van der Waals surface area contributed by atoms with Gasteiger partial charge in [0, 0.05) is 18.3 Å². The van der Waals surface area contributed by atoms with Crippen molar-refractivity contribution in [1.82, 2.24) is 0 Å². The molecular formula is C18H17F3. The molecular weight excluding hydrogens is 273 g/mol. The van der Waals surface area contributed by atoms with Gasteiger partial charge in [-0.3, -0.25) is 0 Å². The normalized spacial score (nSPS) is 20.1. The summed E-state index contributed by atoms with van der Waals surface area (Å²) in [6.07, 6.45) is 0.141. The topological polar surface area (TPSA) is 0 Å². The molecule has 0 bridgehead atoms. The molecule has 0 saturated heterocycles. The van der Waals surface area contributed by atoms with E-state index >= 15 is 0 Å². The lowest BCUT2D eigenvalue weighted by molar-refractivity contribution is -0.0474. The quantitative estimate of drug-likeness (QED) is 0.702. The molecule has 0 amide bonds. The van der Waals surface area contributed by atoms with E-state index in [0.717, 1.165) is 5.56 Å². The third-order valence-electron chi connectivity index (χ3n) is 4.55. The molecule has 21 heavy (non-hydrogen) atoms. The summed E-state index contributed by atoms with van der Waals surface area (Å²) in [5, 5.41) is 0. The molecule has 0 N–H and O–H groups in total. The first-order valence-corrected chi connectivity index (χ1v) is 7.22. The Labute approximate surface area is 122 Å². The third kappa shape index (κ3) is 2.57. The van der Waals surface area contributed by atoms with Gasteiger partial charge in [-0.15, -0.1) is 0 Å². The van der Waals surface area contributed by atoms with Crippen LogP contribution in [0, 0.1) is 5.82 Å². The minimum atomic E-state index is -2.64. The van der Waals surface area contributed by atoms with Crippen molar-refractivity contribution in [3.63, 3.8) is 0 Å². The van der Waals surface area contributed by atoms with Crippen LogP contribution in [0.1, 0.15) is 36.8 Å². The highest BCUT2D eigenvalue weighted by atomic mass is 19.3. The summed E-state index contributed by atoms with van der Waals surface area (Å²) in [6, 6.07) is 16.0. The zero-order valence-corrected chi connectivity index (χ0v) is 11.7. The minimum absolute atomic E-state index is 0.198. The van der Waals surface area contributed by atoms with E-state index in [1.165, 1.54) is 6.07 Å². The Morgan fingerprint density at radius 3 is 1.90 bits per heavy atom. The number of alkyl halides is 2. The molecule has 0 nitrogen and oxygen atoms in total. The van der Waals surface area contributed by atoms with E-state index in [1.807, 2.05) is 30.3 Å². The van der Waals surface area contributed by atoms with Crippen LogP contribution in [0.5, 0.6) is 0 Å². The molecule has 1 fully saturated rings. The third-order valence-corrected chi connectivity index (χ3v) is 4.55. The molecule has 0 aliphatic heterocycles. The van der Waals surface area contributed by atoms with Crippen molar-refractivity contribution >= 4 is 0 Å². The summed E-state index contributed by atoms with van der Waals surface area (Å²) in [7, 11) is 0. The smallest absolute Gasteiger partial charge is 0.207 e. The molecule has 1 saturated carbocycles. The van der Waals surface area contributed by atoms with Gasteiger partial charge in [0.1, 0.15) is 5.82 Å². The number of hydrogen-bond acceptors (Lipinski definition) is 0. The molecule has 3 heteroatoms. The van der Waals surface area contributed by atoms with Gasteiger partial charge in [0.25, 0.3) is 0 Å². The monoisotopic (exact) mass is 290 g/mol. The van der Waals surface area contributed by atoms with E-state index in [2.05, 4.69) is 0 Å². The average Bonchev–Trinajstić information content (AvgIpc) is 2.50. The van der Waals surface area contributed by atoms with Crippen LogP contribution in [-0.4, -0.2) is 5.92 Å². The van der Waals surface area contributed by atoms with E-state index in [4.69, 9.17) is 0 Å². The Hall–Kier alpha value is -1.77. The van der Waals surface area contributed by atoms with Gasteiger partial charge in [-0.25, -0.2) is 13.2 Å². The van der Waals surface area contributed by atoms with Gasteiger partial charge in [-0.2, -0.15) is 0 Å². The predicted molar refractivity (Wildman–Crippen MR) is 77.0 cm³/mol. The lowest BCUT2D eigenvalue weighted by Crippen LogP contribution is -2.38. The van der Waals surface area contributed by atoms with E-state index in [-0.39, 0.29) is 31.5 Å². The van der Waals surface area contributed by atoms with Crippen LogP contribution in [0.25, 0.3) is 0 Å². The van der Waals surface area contributed by atoms with Crippen LogP contribution in [0.2, 0.25) is 0 Å². The van der Waals surface area contributed by atoms with E-state index in [9.17, 15) is 13.2 Å². The molecule has 0 radical (unpaired) electrons. The first-order valence-electron chi connectivity index (χ1n) is 7.22. The Balaban J connectivity index is 2.11. The lowest BCUT2D eigenvalue weighted by Gasteiger charge is -2.41. The maximum Gasteiger partial charge on any atom is 0.248 e. The summed E-state index contributed by atoms with van der Waals surface area (Å²) in [4.78, 5) is 0. The molecule has 1 aliphatic carbocycles.